The summed E-state index contributed by atoms with van der Waals surface area (Å²) in [4.78, 5) is 0. The molecule has 0 aliphatic carbocycles. The van der Waals surface area contributed by atoms with E-state index in [1.54, 1.807) is 24.3 Å². The molecular weight excluding hydrogens is 242 g/mol. The largest absolute Gasteiger partial charge is 0.508 e. The zero-order valence-electron chi connectivity index (χ0n) is 10.5. The maximum absolute atomic E-state index is 9.61. The van der Waals surface area contributed by atoms with E-state index < -0.39 is 0 Å². The van der Waals surface area contributed by atoms with E-state index in [0.29, 0.717) is 6.54 Å². The molecular formula is C15H17NO3. The maximum atomic E-state index is 9.61. The molecule has 0 bridgehead atoms. The fourth-order valence-corrected chi connectivity index (χ4v) is 1.82. The lowest BCUT2D eigenvalue weighted by Crippen LogP contribution is -2.16. The zero-order chi connectivity index (χ0) is 13.7. The zero-order valence-corrected chi connectivity index (χ0v) is 10.5. The summed E-state index contributed by atoms with van der Waals surface area (Å²) < 4.78 is 0. The minimum atomic E-state index is 0.0605. The van der Waals surface area contributed by atoms with Crippen molar-refractivity contribution in [2.75, 3.05) is 6.54 Å². The molecule has 0 saturated heterocycles. The van der Waals surface area contributed by atoms with Gasteiger partial charge in [-0.2, -0.15) is 0 Å². The van der Waals surface area contributed by atoms with Crippen molar-refractivity contribution in [3.63, 3.8) is 0 Å². The number of phenols is 3. The highest BCUT2D eigenvalue weighted by Gasteiger charge is 2.01. The average Bonchev–Trinajstić information content (AvgIpc) is 2.39. The Morgan fingerprint density at radius 2 is 1.53 bits per heavy atom. The van der Waals surface area contributed by atoms with Crippen LogP contribution in [-0.4, -0.2) is 21.9 Å². The molecule has 0 unspecified atom stereocenters. The predicted octanol–water partition coefficient (Wildman–Crippen LogP) is 2.14. The molecule has 2 aromatic rings. The van der Waals surface area contributed by atoms with Crippen molar-refractivity contribution in [3.8, 4) is 17.2 Å². The second-order valence-corrected chi connectivity index (χ2v) is 4.41. The van der Waals surface area contributed by atoms with E-state index in [-0.39, 0.29) is 17.2 Å². The second kappa shape index (κ2) is 6.11. The first-order valence-corrected chi connectivity index (χ1v) is 6.14. The number of phenolic OH excluding ortho intramolecular Hbond substituents is 3. The van der Waals surface area contributed by atoms with E-state index in [4.69, 9.17) is 5.11 Å². The number of rotatable bonds is 5. The normalized spacial score (nSPS) is 10.5. The lowest BCUT2D eigenvalue weighted by atomic mass is 10.1. The Balaban J connectivity index is 1.79. The van der Waals surface area contributed by atoms with E-state index in [1.807, 2.05) is 12.1 Å². The van der Waals surface area contributed by atoms with Gasteiger partial charge < -0.3 is 20.6 Å². The van der Waals surface area contributed by atoms with Crippen molar-refractivity contribution >= 4 is 0 Å². The van der Waals surface area contributed by atoms with Gasteiger partial charge in [0.25, 0.3) is 0 Å². The van der Waals surface area contributed by atoms with Gasteiger partial charge >= 0.3 is 0 Å². The van der Waals surface area contributed by atoms with Gasteiger partial charge in [-0.15, -0.1) is 0 Å². The van der Waals surface area contributed by atoms with Gasteiger partial charge in [-0.05, 0) is 36.7 Å². The average molecular weight is 259 g/mol. The van der Waals surface area contributed by atoms with Crippen LogP contribution in [0.3, 0.4) is 0 Å². The smallest absolute Gasteiger partial charge is 0.123 e. The van der Waals surface area contributed by atoms with Crippen LogP contribution in [-0.2, 0) is 13.0 Å². The van der Waals surface area contributed by atoms with Gasteiger partial charge in [-0.25, -0.2) is 0 Å². The van der Waals surface area contributed by atoms with E-state index in [1.165, 1.54) is 6.07 Å². The first-order chi connectivity index (χ1) is 9.15. The molecule has 4 heteroatoms. The quantitative estimate of drug-likeness (QED) is 0.621. The summed E-state index contributed by atoms with van der Waals surface area (Å²) in [7, 11) is 0. The van der Waals surface area contributed by atoms with E-state index in [0.717, 1.165) is 24.1 Å². The fourth-order valence-electron chi connectivity index (χ4n) is 1.82. The van der Waals surface area contributed by atoms with Gasteiger partial charge in [0, 0.05) is 18.2 Å². The Hall–Kier alpha value is -2.20. The Labute approximate surface area is 112 Å². The molecule has 0 atom stereocenters. The molecule has 0 heterocycles. The summed E-state index contributed by atoms with van der Waals surface area (Å²) in [5, 5.41) is 31.2. The third-order valence-electron chi connectivity index (χ3n) is 2.91. The van der Waals surface area contributed by atoms with Crippen molar-refractivity contribution in [3.05, 3.63) is 53.6 Å². The van der Waals surface area contributed by atoms with Gasteiger partial charge in [0.2, 0.25) is 0 Å². The number of hydrogen-bond donors (Lipinski definition) is 4. The number of hydrogen-bond acceptors (Lipinski definition) is 4. The van der Waals surface area contributed by atoms with Crippen molar-refractivity contribution in [1.82, 2.24) is 5.32 Å². The number of aromatic hydroxyl groups is 3. The van der Waals surface area contributed by atoms with Crippen molar-refractivity contribution < 1.29 is 15.3 Å². The number of benzene rings is 2. The van der Waals surface area contributed by atoms with Crippen LogP contribution >= 0.6 is 0 Å². The van der Waals surface area contributed by atoms with Gasteiger partial charge in [-0.3, -0.25) is 0 Å². The summed E-state index contributed by atoms with van der Waals surface area (Å²) in [6, 6.07) is 11.7. The molecule has 19 heavy (non-hydrogen) atoms. The molecule has 0 saturated carbocycles. The highest BCUT2D eigenvalue weighted by Crippen LogP contribution is 2.22. The molecule has 2 aromatic carbocycles. The number of nitrogens with one attached hydrogen (secondary N) is 1. The standard InChI is InChI=1S/C15H17NO3/c17-13-4-1-11(2-5-13)7-8-16-10-12-3-6-14(18)9-15(12)19/h1-6,9,16-19H,7-8,10H2. The highest BCUT2D eigenvalue weighted by atomic mass is 16.3. The molecule has 100 valence electrons. The van der Waals surface area contributed by atoms with Crippen LogP contribution in [0.1, 0.15) is 11.1 Å². The highest BCUT2D eigenvalue weighted by molar-refractivity contribution is 5.38. The third kappa shape index (κ3) is 3.89. The topological polar surface area (TPSA) is 72.7 Å². The summed E-state index contributed by atoms with van der Waals surface area (Å²) in [6.07, 6.45) is 0.846. The van der Waals surface area contributed by atoms with Crippen molar-refractivity contribution in [2.45, 2.75) is 13.0 Å². The molecule has 0 aromatic heterocycles. The molecule has 2 rings (SSSR count). The van der Waals surface area contributed by atoms with Crippen LogP contribution in [0.5, 0.6) is 17.2 Å². The van der Waals surface area contributed by atoms with Crippen LogP contribution in [0, 0.1) is 0 Å². The van der Waals surface area contributed by atoms with Crippen molar-refractivity contribution in [1.29, 1.82) is 0 Å². The van der Waals surface area contributed by atoms with Crippen LogP contribution in [0.15, 0.2) is 42.5 Å². The van der Waals surface area contributed by atoms with Gasteiger partial charge in [0.05, 0.1) is 0 Å². The summed E-state index contributed by atoms with van der Waals surface area (Å²) in [5.41, 5.74) is 1.89. The van der Waals surface area contributed by atoms with Crippen molar-refractivity contribution in [2.24, 2.45) is 0 Å². The van der Waals surface area contributed by atoms with Crippen LogP contribution < -0.4 is 5.32 Å². The molecule has 0 aliphatic heterocycles. The van der Waals surface area contributed by atoms with Crippen LogP contribution in [0.25, 0.3) is 0 Å². The lowest BCUT2D eigenvalue weighted by molar-refractivity contribution is 0.444. The minimum absolute atomic E-state index is 0.0605. The maximum Gasteiger partial charge on any atom is 0.123 e. The molecule has 0 aliphatic rings. The molecule has 0 amide bonds. The second-order valence-electron chi connectivity index (χ2n) is 4.41. The summed E-state index contributed by atoms with van der Waals surface area (Å²) >= 11 is 0. The molecule has 4 nitrogen and oxygen atoms in total. The van der Waals surface area contributed by atoms with Crippen LogP contribution in [0.4, 0.5) is 0 Å². The summed E-state index contributed by atoms with van der Waals surface area (Å²) in [5.74, 6) is 0.424. The van der Waals surface area contributed by atoms with E-state index in [2.05, 4.69) is 5.32 Å². The molecule has 0 spiro atoms. The SMILES string of the molecule is Oc1ccc(CCNCc2ccc(O)cc2O)cc1. The van der Waals surface area contributed by atoms with Crippen LogP contribution in [0.2, 0.25) is 0 Å². The monoisotopic (exact) mass is 259 g/mol. The Morgan fingerprint density at radius 1 is 0.842 bits per heavy atom. The molecule has 0 radical (unpaired) electrons. The first kappa shape index (κ1) is 13.2. The first-order valence-electron chi connectivity index (χ1n) is 6.14. The predicted molar refractivity (Wildman–Crippen MR) is 73.3 cm³/mol. The van der Waals surface area contributed by atoms with Gasteiger partial charge in [0.15, 0.2) is 0 Å². The molecule has 4 N–H and O–H groups in total. The Morgan fingerprint density at radius 3 is 2.21 bits per heavy atom. The summed E-state index contributed by atoms with van der Waals surface area (Å²) in [6.45, 7) is 1.31. The van der Waals surface area contributed by atoms with Gasteiger partial charge in [-0.1, -0.05) is 18.2 Å². The van der Waals surface area contributed by atoms with E-state index >= 15 is 0 Å². The fraction of sp³-hybridized carbons (Fsp3) is 0.200. The minimum Gasteiger partial charge on any atom is -0.508 e. The lowest BCUT2D eigenvalue weighted by Gasteiger charge is -2.07. The Bertz CT molecular complexity index is 538. The van der Waals surface area contributed by atoms with E-state index in [9.17, 15) is 10.2 Å². The van der Waals surface area contributed by atoms with Gasteiger partial charge in [0.1, 0.15) is 17.2 Å². The Kier molecular flexibility index (Phi) is 4.26. The third-order valence-corrected chi connectivity index (χ3v) is 2.91. The molecule has 0 fully saturated rings.